The van der Waals surface area contributed by atoms with Crippen molar-refractivity contribution in [2.24, 2.45) is 11.7 Å². The third-order valence-electron chi connectivity index (χ3n) is 4.19. The van der Waals surface area contributed by atoms with E-state index in [1.807, 2.05) is 13.1 Å². The van der Waals surface area contributed by atoms with Crippen LogP contribution in [0.4, 0.5) is 4.79 Å². The Balaban J connectivity index is 1.89. The van der Waals surface area contributed by atoms with E-state index in [1.165, 1.54) is 5.56 Å². The number of primary amides is 1. The number of carbonyl (C=O) groups is 1. The van der Waals surface area contributed by atoms with Crippen molar-refractivity contribution in [3.63, 3.8) is 0 Å². The van der Waals surface area contributed by atoms with E-state index in [4.69, 9.17) is 5.73 Å². The van der Waals surface area contributed by atoms with Crippen LogP contribution in [0.2, 0.25) is 0 Å². The van der Waals surface area contributed by atoms with E-state index < -0.39 is 0 Å². The normalized spacial score (nSPS) is 19.2. The van der Waals surface area contributed by atoms with Gasteiger partial charge in [-0.2, -0.15) is 7.05 Å². The van der Waals surface area contributed by atoms with Crippen LogP contribution in [-0.2, 0) is 0 Å². The maximum absolute atomic E-state index is 11.1. The van der Waals surface area contributed by atoms with E-state index in [0.29, 0.717) is 5.92 Å². The van der Waals surface area contributed by atoms with Gasteiger partial charge in [0.25, 0.3) is 0 Å². The molecule has 5 heteroatoms. The molecule has 0 saturated carbocycles. The van der Waals surface area contributed by atoms with Gasteiger partial charge in [0.2, 0.25) is 0 Å². The number of nitrogens with zero attached hydrogens (tertiary/aromatic N) is 3. The minimum atomic E-state index is -0.312. The van der Waals surface area contributed by atoms with Crippen molar-refractivity contribution in [1.29, 1.82) is 0 Å². The van der Waals surface area contributed by atoms with Crippen LogP contribution in [-0.4, -0.2) is 55.6 Å². The summed E-state index contributed by atoms with van der Waals surface area (Å²) in [7, 11) is 1.89. The van der Waals surface area contributed by atoms with Gasteiger partial charge in [-0.3, -0.25) is 4.90 Å². The molecule has 2 amide bonds. The Kier molecular flexibility index (Phi) is 5.59. The van der Waals surface area contributed by atoms with Gasteiger partial charge in [-0.25, -0.2) is 4.79 Å². The fourth-order valence-corrected chi connectivity index (χ4v) is 3.04. The quantitative estimate of drug-likeness (QED) is 0.902. The highest BCUT2D eigenvalue weighted by Crippen LogP contribution is 2.29. The van der Waals surface area contributed by atoms with E-state index in [0.717, 1.165) is 32.7 Å². The van der Waals surface area contributed by atoms with Gasteiger partial charge in [0.1, 0.15) is 0 Å². The molecule has 0 unspecified atom stereocenters. The predicted molar refractivity (Wildman–Crippen MR) is 85.2 cm³/mol. The summed E-state index contributed by atoms with van der Waals surface area (Å²) in [5.74, 6) is 0.442. The highest BCUT2D eigenvalue weighted by Gasteiger charge is 2.21. The van der Waals surface area contributed by atoms with Crippen LogP contribution in [0.5, 0.6) is 0 Å². The molecule has 2 rings (SSSR count). The molecule has 2 atom stereocenters. The van der Waals surface area contributed by atoms with Gasteiger partial charge >= 0.3 is 6.03 Å². The summed E-state index contributed by atoms with van der Waals surface area (Å²) in [4.78, 5) is 15.2. The van der Waals surface area contributed by atoms with Gasteiger partial charge in [0.15, 0.2) is 0 Å². The first kappa shape index (κ1) is 15.8. The SMILES string of the molecule is C[N-][C@@H](c1ccccc1)[C@@H](C)CN1CCN(C(N)=O)CC1. The first-order chi connectivity index (χ1) is 10.1. The zero-order chi connectivity index (χ0) is 15.2. The third kappa shape index (κ3) is 4.19. The highest BCUT2D eigenvalue weighted by molar-refractivity contribution is 5.72. The average molecular weight is 289 g/mol. The smallest absolute Gasteiger partial charge is 0.314 e. The van der Waals surface area contributed by atoms with Gasteiger partial charge < -0.3 is 16.0 Å². The summed E-state index contributed by atoms with van der Waals surface area (Å²) in [5.41, 5.74) is 6.58. The number of amides is 2. The molecule has 1 fully saturated rings. The second kappa shape index (κ2) is 7.43. The molecule has 2 N–H and O–H groups in total. The molecular formula is C16H25N4O-. The lowest BCUT2D eigenvalue weighted by molar-refractivity contribution is 0.131. The van der Waals surface area contributed by atoms with Crippen LogP contribution in [0.3, 0.4) is 0 Å². The number of piperazine rings is 1. The molecule has 1 aromatic carbocycles. The third-order valence-corrected chi connectivity index (χ3v) is 4.19. The van der Waals surface area contributed by atoms with E-state index in [9.17, 15) is 4.79 Å². The zero-order valence-corrected chi connectivity index (χ0v) is 12.9. The molecule has 1 aromatic rings. The Labute approximate surface area is 127 Å². The number of nitrogens with two attached hydrogens (primary N) is 1. The monoisotopic (exact) mass is 289 g/mol. The molecule has 0 aliphatic carbocycles. The minimum absolute atomic E-state index is 0.223. The van der Waals surface area contributed by atoms with Crippen LogP contribution < -0.4 is 5.73 Å². The van der Waals surface area contributed by atoms with Crippen LogP contribution in [0.25, 0.3) is 5.32 Å². The molecule has 0 aromatic heterocycles. The Morgan fingerprint density at radius 3 is 2.38 bits per heavy atom. The lowest BCUT2D eigenvalue weighted by atomic mass is 9.94. The molecular weight excluding hydrogens is 264 g/mol. The van der Waals surface area contributed by atoms with Crippen molar-refractivity contribution < 1.29 is 4.79 Å². The summed E-state index contributed by atoms with van der Waals surface area (Å²) < 4.78 is 0. The van der Waals surface area contributed by atoms with Crippen molar-refractivity contribution in [2.45, 2.75) is 13.0 Å². The van der Waals surface area contributed by atoms with Crippen molar-refractivity contribution in [3.05, 3.63) is 41.2 Å². The predicted octanol–water partition coefficient (Wildman–Crippen LogP) is 2.06. The molecule has 0 radical (unpaired) electrons. The first-order valence-electron chi connectivity index (χ1n) is 7.52. The van der Waals surface area contributed by atoms with Gasteiger partial charge in [-0.1, -0.05) is 42.8 Å². The van der Waals surface area contributed by atoms with E-state index in [1.54, 1.807) is 4.90 Å². The largest absolute Gasteiger partial charge is 0.658 e. The Morgan fingerprint density at radius 2 is 1.86 bits per heavy atom. The van der Waals surface area contributed by atoms with Crippen LogP contribution in [0, 0.1) is 5.92 Å². The van der Waals surface area contributed by atoms with Gasteiger partial charge in [0.05, 0.1) is 0 Å². The van der Waals surface area contributed by atoms with Crippen molar-refractivity contribution in [2.75, 3.05) is 39.8 Å². The lowest BCUT2D eigenvalue weighted by Crippen LogP contribution is -2.51. The van der Waals surface area contributed by atoms with Crippen LogP contribution >= 0.6 is 0 Å². The zero-order valence-electron chi connectivity index (χ0n) is 12.9. The number of hydrogen-bond acceptors (Lipinski definition) is 2. The average Bonchev–Trinajstić information content (AvgIpc) is 2.49. The number of carbonyl (C=O) groups excluding carboxylic acids is 1. The Morgan fingerprint density at radius 1 is 1.24 bits per heavy atom. The minimum Gasteiger partial charge on any atom is -0.658 e. The van der Waals surface area contributed by atoms with Gasteiger partial charge in [0, 0.05) is 26.2 Å². The fraction of sp³-hybridized carbons (Fsp3) is 0.562. The summed E-state index contributed by atoms with van der Waals surface area (Å²) in [6.07, 6.45) is 0. The van der Waals surface area contributed by atoms with E-state index in [-0.39, 0.29) is 12.1 Å². The Hall–Kier alpha value is -1.59. The summed E-state index contributed by atoms with van der Waals surface area (Å²) in [5, 5.41) is 4.56. The van der Waals surface area contributed by atoms with E-state index in [2.05, 4.69) is 41.4 Å². The van der Waals surface area contributed by atoms with Crippen molar-refractivity contribution in [1.82, 2.24) is 9.80 Å². The maximum Gasteiger partial charge on any atom is 0.314 e. The highest BCUT2D eigenvalue weighted by atomic mass is 16.2. The van der Waals surface area contributed by atoms with Crippen LogP contribution in [0.15, 0.2) is 30.3 Å². The van der Waals surface area contributed by atoms with Crippen molar-refractivity contribution >= 4 is 6.03 Å². The molecule has 1 saturated heterocycles. The molecule has 1 heterocycles. The molecule has 1 aliphatic heterocycles. The maximum atomic E-state index is 11.1. The molecule has 21 heavy (non-hydrogen) atoms. The number of hydrogen-bond donors (Lipinski definition) is 1. The lowest BCUT2D eigenvalue weighted by Gasteiger charge is -2.40. The summed E-state index contributed by atoms with van der Waals surface area (Å²) in [6, 6.07) is 10.3. The Bertz CT molecular complexity index is 443. The second-order valence-electron chi connectivity index (χ2n) is 5.72. The standard InChI is InChI=1S/C16H25N4O/c1-13(15(18-2)14-6-4-3-5-7-14)12-19-8-10-20(11-9-19)16(17)21/h3-7,13,15H,8-12H2,1-2H3,(H2,17,21)/q-1/t13-,15+/m0/s1. The first-order valence-corrected chi connectivity index (χ1v) is 7.52. The summed E-state index contributed by atoms with van der Waals surface area (Å²) in [6.45, 7) is 6.45. The van der Waals surface area contributed by atoms with E-state index >= 15 is 0 Å². The van der Waals surface area contributed by atoms with Crippen LogP contribution in [0.1, 0.15) is 18.5 Å². The molecule has 0 spiro atoms. The number of benzene rings is 1. The number of urea groups is 1. The summed E-state index contributed by atoms with van der Waals surface area (Å²) >= 11 is 0. The molecule has 1 aliphatic rings. The molecule has 5 nitrogen and oxygen atoms in total. The topological polar surface area (TPSA) is 63.7 Å². The molecule has 116 valence electrons. The van der Waals surface area contributed by atoms with Gasteiger partial charge in [-0.05, 0) is 12.5 Å². The molecule has 0 bridgehead atoms. The number of rotatable bonds is 5. The van der Waals surface area contributed by atoms with Gasteiger partial charge in [-0.15, -0.1) is 6.04 Å². The fourth-order valence-electron chi connectivity index (χ4n) is 3.04. The second-order valence-corrected chi connectivity index (χ2v) is 5.72. The van der Waals surface area contributed by atoms with Crippen molar-refractivity contribution in [3.8, 4) is 0 Å².